The van der Waals surface area contributed by atoms with Crippen molar-refractivity contribution in [3.63, 3.8) is 0 Å². The van der Waals surface area contributed by atoms with Gasteiger partial charge in [0.05, 0.1) is 25.4 Å². The molecule has 0 spiro atoms. The van der Waals surface area contributed by atoms with Crippen molar-refractivity contribution in [1.82, 2.24) is 14.8 Å². The van der Waals surface area contributed by atoms with E-state index in [-0.39, 0.29) is 18.1 Å². The second-order valence-electron chi connectivity index (χ2n) is 5.97. The van der Waals surface area contributed by atoms with Crippen molar-refractivity contribution in [3.8, 4) is 5.88 Å². The molecule has 25 heavy (non-hydrogen) atoms. The molecular formula is C17H23N3O5. The number of rotatable bonds is 4. The van der Waals surface area contributed by atoms with E-state index < -0.39 is 0 Å². The molecule has 1 aromatic rings. The third kappa shape index (κ3) is 4.39. The Bertz CT molecular complexity index is 593. The highest BCUT2D eigenvalue weighted by molar-refractivity contribution is 5.94. The Labute approximate surface area is 146 Å². The maximum atomic E-state index is 12.5. The first-order valence-electron chi connectivity index (χ1n) is 8.59. The number of nitrogens with zero attached hydrogens (tertiary/aromatic N) is 3. The van der Waals surface area contributed by atoms with E-state index in [2.05, 4.69) is 4.98 Å². The van der Waals surface area contributed by atoms with Gasteiger partial charge in [0.2, 0.25) is 5.88 Å². The number of carbonyl (C=O) groups is 2. The summed E-state index contributed by atoms with van der Waals surface area (Å²) >= 11 is 0. The quantitative estimate of drug-likeness (QED) is 0.811. The molecule has 0 aliphatic carbocycles. The van der Waals surface area contributed by atoms with Gasteiger partial charge in [-0.2, -0.15) is 0 Å². The first-order valence-corrected chi connectivity index (χ1v) is 8.59. The molecule has 0 bridgehead atoms. The summed E-state index contributed by atoms with van der Waals surface area (Å²) in [5, 5.41) is 0. The van der Waals surface area contributed by atoms with Crippen LogP contribution in [0.1, 0.15) is 23.7 Å². The Balaban J connectivity index is 1.52. The molecule has 8 heteroatoms. The number of hydrogen-bond donors (Lipinski definition) is 0. The van der Waals surface area contributed by atoms with Crippen molar-refractivity contribution in [2.24, 2.45) is 0 Å². The fourth-order valence-corrected chi connectivity index (χ4v) is 2.84. The predicted molar refractivity (Wildman–Crippen MR) is 88.6 cm³/mol. The van der Waals surface area contributed by atoms with E-state index in [1.54, 1.807) is 28.9 Å². The Kier molecular flexibility index (Phi) is 5.70. The molecule has 3 rings (SSSR count). The van der Waals surface area contributed by atoms with Gasteiger partial charge in [0, 0.05) is 44.9 Å². The molecule has 2 aliphatic rings. The number of piperazine rings is 1. The van der Waals surface area contributed by atoms with E-state index in [0.29, 0.717) is 57.4 Å². The lowest BCUT2D eigenvalue weighted by Crippen LogP contribution is -2.50. The molecule has 0 N–H and O–H groups in total. The van der Waals surface area contributed by atoms with Gasteiger partial charge < -0.3 is 24.0 Å². The zero-order valence-corrected chi connectivity index (χ0v) is 14.3. The minimum Gasteiger partial charge on any atom is -0.472 e. The summed E-state index contributed by atoms with van der Waals surface area (Å²) in [4.78, 5) is 31.8. The smallest absolute Gasteiger partial charge is 0.409 e. The van der Waals surface area contributed by atoms with Gasteiger partial charge in [-0.1, -0.05) is 0 Å². The molecule has 136 valence electrons. The molecule has 3 heterocycles. The topological polar surface area (TPSA) is 81.2 Å². The maximum Gasteiger partial charge on any atom is 0.409 e. The van der Waals surface area contributed by atoms with Crippen LogP contribution in [0.3, 0.4) is 0 Å². The van der Waals surface area contributed by atoms with Crippen molar-refractivity contribution in [2.45, 2.75) is 19.4 Å². The second kappa shape index (κ2) is 8.15. The first-order chi connectivity index (χ1) is 12.2. The number of aromatic nitrogens is 1. The Morgan fingerprint density at radius 3 is 2.60 bits per heavy atom. The lowest BCUT2D eigenvalue weighted by atomic mass is 10.2. The first kappa shape index (κ1) is 17.5. The van der Waals surface area contributed by atoms with Gasteiger partial charge in [0.1, 0.15) is 6.10 Å². The summed E-state index contributed by atoms with van der Waals surface area (Å²) in [6.07, 6.45) is 2.09. The van der Waals surface area contributed by atoms with Crippen LogP contribution in [0.15, 0.2) is 18.3 Å². The van der Waals surface area contributed by atoms with E-state index >= 15 is 0 Å². The Hall–Kier alpha value is -2.35. The van der Waals surface area contributed by atoms with Gasteiger partial charge in [0.25, 0.3) is 5.91 Å². The molecular weight excluding hydrogens is 326 g/mol. The van der Waals surface area contributed by atoms with Crippen molar-refractivity contribution in [1.29, 1.82) is 0 Å². The standard InChI is InChI=1S/C17H23N3O5/c1-2-24-17(22)20-8-6-19(7-9-20)16(21)13-3-4-15(18-11-13)25-14-5-10-23-12-14/h3-4,11,14H,2,5-10,12H2,1H3/t14-/m1/s1. The summed E-state index contributed by atoms with van der Waals surface area (Å²) in [7, 11) is 0. The molecule has 2 aliphatic heterocycles. The summed E-state index contributed by atoms with van der Waals surface area (Å²) in [5.74, 6) is 0.408. The minimum atomic E-state index is -0.325. The van der Waals surface area contributed by atoms with Crippen LogP contribution < -0.4 is 4.74 Å². The highest BCUT2D eigenvalue weighted by atomic mass is 16.6. The lowest BCUT2D eigenvalue weighted by molar-refractivity contribution is 0.0570. The van der Waals surface area contributed by atoms with E-state index in [9.17, 15) is 9.59 Å². The van der Waals surface area contributed by atoms with Crippen LogP contribution in [-0.2, 0) is 9.47 Å². The lowest BCUT2D eigenvalue weighted by Gasteiger charge is -2.34. The third-order valence-electron chi connectivity index (χ3n) is 4.25. The van der Waals surface area contributed by atoms with Crippen molar-refractivity contribution < 1.29 is 23.8 Å². The molecule has 0 aromatic carbocycles. The SMILES string of the molecule is CCOC(=O)N1CCN(C(=O)c2ccc(O[C@@H]3CCOC3)nc2)CC1. The average molecular weight is 349 g/mol. The number of hydrogen-bond acceptors (Lipinski definition) is 6. The third-order valence-corrected chi connectivity index (χ3v) is 4.25. The van der Waals surface area contributed by atoms with Gasteiger partial charge in [-0.3, -0.25) is 4.79 Å². The second-order valence-corrected chi connectivity index (χ2v) is 5.97. The molecule has 2 saturated heterocycles. The zero-order valence-electron chi connectivity index (χ0n) is 14.3. The van der Waals surface area contributed by atoms with Crippen LogP contribution in [-0.4, -0.2) is 78.9 Å². The number of amides is 2. The van der Waals surface area contributed by atoms with Crippen LogP contribution in [0, 0.1) is 0 Å². The van der Waals surface area contributed by atoms with Crippen molar-refractivity contribution in [3.05, 3.63) is 23.9 Å². The molecule has 0 radical (unpaired) electrons. The maximum absolute atomic E-state index is 12.5. The molecule has 8 nitrogen and oxygen atoms in total. The largest absolute Gasteiger partial charge is 0.472 e. The summed E-state index contributed by atoms with van der Waals surface area (Å²) in [6.45, 7) is 5.32. The number of pyridine rings is 1. The fraction of sp³-hybridized carbons (Fsp3) is 0.588. The van der Waals surface area contributed by atoms with Gasteiger partial charge >= 0.3 is 6.09 Å². The summed E-state index contributed by atoms with van der Waals surface area (Å²) in [6, 6.07) is 3.43. The number of carbonyl (C=O) groups excluding carboxylic acids is 2. The van der Waals surface area contributed by atoms with Crippen molar-refractivity contribution in [2.75, 3.05) is 46.0 Å². The van der Waals surface area contributed by atoms with Gasteiger partial charge in [0.15, 0.2) is 0 Å². The highest BCUT2D eigenvalue weighted by Gasteiger charge is 2.26. The Morgan fingerprint density at radius 2 is 2.00 bits per heavy atom. The molecule has 0 saturated carbocycles. The van der Waals surface area contributed by atoms with Crippen LogP contribution in [0.4, 0.5) is 4.79 Å². The fourth-order valence-electron chi connectivity index (χ4n) is 2.84. The van der Waals surface area contributed by atoms with Crippen molar-refractivity contribution >= 4 is 12.0 Å². The predicted octanol–water partition coefficient (Wildman–Crippen LogP) is 1.16. The summed E-state index contributed by atoms with van der Waals surface area (Å²) in [5.41, 5.74) is 0.514. The van der Waals surface area contributed by atoms with E-state index in [0.717, 1.165) is 6.42 Å². The molecule has 2 amide bonds. The monoisotopic (exact) mass is 349 g/mol. The average Bonchev–Trinajstić information content (AvgIpc) is 3.15. The van der Waals surface area contributed by atoms with Crippen LogP contribution in [0.25, 0.3) is 0 Å². The Morgan fingerprint density at radius 1 is 1.24 bits per heavy atom. The normalized spacial score (nSPS) is 20.4. The van der Waals surface area contributed by atoms with Gasteiger partial charge in [-0.25, -0.2) is 9.78 Å². The van der Waals surface area contributed by atoms with E-state index in [4.69, 9.17) is 14.2 Å². The minimum absolute atomic E-state index is 0.0324. The highest BCUT2D eigenvalue weighted by Crippen LogP contribution is 2.16. The van der Waals surface area contributed by atoms with E-state index in [1.807, 2.05) is 0 Å². The molecule has 1 aromatic heterocycles. The molecule has 1 atom stereocenters. The molecule has 0 unspecified atom stereocenters. The van der Waals surface area contributed by atoms with E-state index in [1.165, 1.54) is 6.20 Å². The van der Waals surface area contributed by atoms with Crippen LogP contribution in [0.2, 0.25) is 0 Å². The van der Waals surface area contributed by atoms with Gasteiger partial charge in [-0.05, 0) is 13.0 Å². The van der Waals surface area contributed by atoms with Gasteiger partial charge in [-0.15, -0.1) is 0 Å². The van der Waals surface area contributed by atoms with Crippen LogP contribution in [0.5, 0.6) is 5.88 Å². The number of ether oxygens (including phenoxy) is 3. The van der Waals surface area contributed by atoms with Crippen LogP contribution >= 0.6 is 0 Å². The molecule has 2 fully saturated rings. The summed E-state index contributed by atoms with van der Waals surface area (Å²) < 4.78 is 15.9. The zero-order chi connectivity index (χ0) is 17.6.